The van der Waals surface area contributed by atoms with Gasteiger partial charge in [0.1, 0.15) is 0 Å². The van der Waals surface area contributed by atoms with E-state index in [0.717, 1.165) is 22.7 Å². The van der Waals surface area contributed by atoms with E-state index in [1.807, 2.05) is 39.0 Å². The second-order valence-corrected chi connectivity index (χ2v) is 5.54. The molecule has 0 atom stereocenters. The van der Waals surface area contributed by atoms with Crippen LogP contribution in [0.2, 0.25) is 0 Å². The lowest BCUT2D eigenvalue weighted by Gasteiger charge is -2.11. The summed E-state index contributed by atoms with van der Waals surface area (Å²) in [6, 6.07) is 5.80. The average molecular weight is 275 g/mol. The molecule has 0 unspecified atom stereocenters. The molecule has 5 heteroatoms. The van der Waals surface area contributed by atoms with Crippen molar-refractivity contribution in [2.75, 3.05) is 17.2 Å². The van der Waals surface area contributed by atoms with E-state index in [4.69, 9.17) is 0 Å². The highest BCUT2D eigenvalue weighted by Crippen LogP contribution is 2.21. The van der Waals surface area contributed by atoms with Crippen molar-refractivity contribution in [2.45, 2.75) is 20.8 Å². The fourth-order valence-electron chi connectivity index (χ4n) is 1.77. The molecule has 0 bridgehead atoms. The van der Waals surface area contributed by atoms with Crippen LogP contribution in [0.1, 0.15) is 27.7 Å². The van der Waals surface area contributed by atoms with Crippen LogP contribution in [0.5, 0.6) is 0 Å². The maximum absolute atomic E-state index is 12.3. The maximum atomic E-state index is 12.3. The topological polar surface area (TPSA) is 54.0 Å². The number of aryl methyl sites for hydroxylation is 2. The van der Waals surface area contributed by atoms with Crippen LogP contribution in [-0.4, -0.2) is 17.4 Å². The predicted octanol–water partition coefficient (Wildman–Crippen LogP) is 3.44. The van der Waals surface area contributed by atoms with Crippen LogP contribution in [0.25, 0.3) is 0 Å². The first-order valence-corrected chi connectivity index (χ1v) is 7.00. The lowest BCUT2D eigenvalue weighted by Crippen LogP contribution is -2.15. The average Bonchev–Trinajstić information content (AvgIpc) is 2.77. The first-order chi connectivity index (χ1) is 9.10. The molecule has 19 heavy (non-hydrogen) atoms. The molecule has 0 radical (unpaired) electrons. The molecule has 0 saturated heterocycles. The van der Waals surface area contributed by atoms with E-state index in [2.05, 4.69) is 15.6 Å². The minimum atomic E-state index is -0.131. The number of benzene rings is 1. The monoisotopic (exact) mass is 275 g/mol. The van der Waals surface area contributed by atoms with Crippen LogP contribution in [-0.2, 0) is 0 Å². The predicted molar refractivity (Wildman–Crippen MR) is 80.1 cm³/mol. The summed E-state index contributed by atoms with van der Waals surface area (Å²) in [6.07, 6.45) is 1.75. The molecule has 2 rings (SSSR count). The van der Waals surface area contributed by atoms with Crippen LogP contribution in [0.4, 0.5) is 10.8 Å². The number of rotatable bonds is 4. The Hall–Kier alpha value is -1.88. The summed E-state index contributed by atoms with van der Waals surface area (Å²) < 4.78 is 0. The zero-order valence-corrected chi connectivity index (χ0v) is 12.1. The minimum absolute atomic E-state index is 0.131. The van der Waals surface area contributed by atoms with E-state index < -0.39 is 0 Å². The Kier molecular flexibility index (Phi) is 4.16. The van der Waals surface area contributed by atoms with Gasteiger partial charge in [0.2, 0.25) is 0 Å². The Morgan fingerprint density at radius 2 is 2.16 bits per heavy atom. The molecule has 0 aliphatic heterocycles. The molecule has 0 aliphatic carbocycles. The van der Waals surface area contributed by atoms with Gasteiger partial charge in [-0.3, -0.25) is 10.1 Å². The third-order valence-corrected chi connectivity index (χ3v) is 3.46. The number of nitrogens with zero attached hydrogens (tertiary/aromatic N) is 1. The van der Waals surface area contributed by atoms with Crippen molar-refractivity contribution < 1.29 is 4.79 Å². The summed E-state index contributed by atoms with van der Waals surface area (Å²) >= 11 is 1.47. The van der Waals surface area contributed by atoms with Gasteiger partial charge in [0.25, 0.3) is 5.91 Å². The van der Waals surface area contributed by atoms with Gasteiger partial charge in [-0.05, 0) is 32.9 Å². The smallest absolute Gasteiger partial charge is 0.259 e. The van der Waals surface area contributed by atoms with E-state index >= 15 is 0 Å². The van der Waals surface area contributed by atoms with Gasteiger partial charge < -0.3 is 5.32 Å². The van der Waals surface area contributed by atoms with Crippen LogP contribution in [0, 0.1) is 13.8 Å². The molecule has 0 fully saturated rings. The lowest BCUT2D eigenvalue weighted by atomic mass is 10.1. The van der Waals surface area contributed by atoms with E-state index in [0.29, 0.717) is 10.7 Å². The third kappa shape index (κ3) is 3.32. The van der Waals surface area contributed by atoms with Gasteiger partial charge in [0.15, 0.2) is 5.13 Å². The van der Waals surface area contributed by atoms with Crippen molar-refractivity contribution in [3.05, 3.63) is 40.4 Å². The highest BCUT2D eigenvalue weighted by Gasteiger charge is 2.13. The van der Waals surface area contributed by atoms with Gasteiger partial charge in [-0.15, -0.1) is 11.3 Å². The number of carbonyl (C=O) groups is 1. The summed E-state index contributed by atoms with van der Waals surface area (Å²) in [4.78, 5) is 17.5. The molecular formula is C14H17N3OS. The quantitative estimate of drug-likeness (QED) is 0.898. The number of carbonyl (C=O) groups excluding carboxylic acids is 1. The highest BCUT2D eigenvalue weighted by molar-refractivity contribution is 7.15. The molecule has 1 aromatic carbocycles. The van der Waals surface area contributed by atoms with Crippen LogP contribution in [0.3, 0.4) is 0 Å². The largest absolute Gasteiger partial charge is 0.385 e. The number of nitrogens with one attached hydrogen (secondary N) is 2. The molecule has 1 aromatic heterocycles. The SMILES string of the molecule is CCNc1ccc(C)cc1C(=O)Nc1ncc(C)s1. The van der Waals surface area contributed by atoms with Gasteiger partial charge in [0, 0.05) is 23.3 Å². The molecule has 100 valence electrons. The van der Waals surface area contributed by atoms with Crippen LogP contribution >= 0.6 is 11.3 Å². The van der Waals surface area contributed by atoms with Crippen molar-refractivity contribution in [3.8, 4) is 0 Å². The summed E-state index contributed by atoms with van der Waals surface area (Å²) in [5.41, 5.74) is 2.55. The molecule has 0 spiro atoms. The molecule has 0 aliphatic rings. The third-order valence-electron chi connectivity index (χ3n) is 2.63. The number of aromatic nitrogens is 1. The number of hydrogen-bond acceptors (Lipinski definition) is 4. The normalized spacial score (nSPS) is 10.3. The van der Waals surface area contributed by atoms with E-state index in [1.165, 1.54) is 11.3 Å². The molecule has 0 saturated carbocycles. The van der Waals surface area contributed by atoms with E-state index in [1.54, 1.807) is 6.20 Å². The molecule has 1 amide bonds. The van der Waals surface area contributed by atoms with Gasteiger partial charge in [-0.2, -0.15) is 0 Å². The number of hydrogen-bond donors (Lipinski definition) is 2. The fourth-order valence-corrected chi connectivity index (χ4v) is 2.43. The summed E-state index contributed by atoms with van der Waals surface area (Å²) in [7, 11) is 0. The summed E-state index contributed by atoms with van der Waals surface area (Å²) in [5, 5.41) is 6.66. The molecule has 2 aromatic rings. The summed E-state index contributed by atoms with van der Waals surface area (Å²) in [6.45, 7) is 6.72. The maximum Gasteiger partial charge on any atom is 0.259 e. The van der Waals surface area contributed by atoms with E-state index in [9.17, 15) is 4.79 Å². The zero-order valence-electron chi connectivity index (χ0n) is 11.3. The van der Waals surface area contributed by atoms with Gasteiger partial charge in [0.05, 0.1) is 5.56 Å². The van der Waals surface area contributed by atoms with Gasteiger partial charge in [-0.1, -0.05) is 11.6 Å². The molecular weight excluding hydrogens is 258 g/mol. The van der Waals surface area contributed by atoms with Crippen LogP contribution in [0.15, 0.2) is 24.4 Å². The minimum Gasteiger partial charge on any atom is -0.385 e. The second kappa shape index (κ2) is 5.84. The number of amides is 1. The number of anilines is 2. The zero-order chi connectivity index (χ0) is 13.8. The first kappa shape index (κ1) is 13.5. The van der Waals surface area contributed by atoms with Crippen molar-refractivity contribution in [3.63, 3.8) is 0 Å². The number of thiazole rings is 1. The fraction of sp³-hybridized carbons (Fsp3) is 0.286. The van der Waals surface area contributed by atoms with E-state index in [-0.39, 0.29) is 5.91 Å². The molecule has 4 nitrogen and oxygen atoms in total. The lowest BCUT2D eigenvalue weighted by molar-refractivity contribution is 0.102. The van der Waals surface area contributed by atoms with Crippen molar-refractivity contribution >= 4 is 28.1 Å². The van der Waals surface area contributed by atoms with Gasteiger partial charge in [-0.25, -0.2) is 4.98 Å². The highest BCUT2D eigenvalue weighted by atomic mass is 32.1. The van der Waals surface area contributed by atoms with Crippen LogP contribution < -0.4 is 10.6 Å². The Morgan fingerprint density at radius 1 is 1.37 bits per heavy atom. The van der Waals surface area contributed by atoms with Gasteiger partial charge >= 0.3 is 0 Å². The van der Waals surface area contributed by atoms with Crippen molar-refractivity contribution in [2.24, 2.45) is 0 Å². The molecule has 1 heterocycles. The Balaban J connectivity index is 2.24. The Bertz CT molecular complexity index is 592. The second-order valence-electron chi connectivity index (χ2n) is 4.31. The Morgan fingerprint density at radius 3 is 2.79 bits per heavy atom. The summed E-state index contributed by atoms with van der Waals surface area (Å²) in [5.74, 6) is -0.131. The molecule has 2 N–H and O–H groups in total. The van der Waals surface area contributed by atoms with Crippen molar-refractivity contribution in [1.29, 1.82) is 0 Å². The standard InChI is InChI=1S/C14H17N3OS/c1-4-15-12-6-5-9(2)7-11(12)13(18)17-14-16-8-10(3)19-14/h5-8,15H,4H2,1-3H3,(H,16,17,18). The first-order valence-electron chi connectivity index (χ1n) is 6.18. The van der Waals surface area contributed by atoms with Crippen molar-refractivity contribution in [1.82, 2.24) is 4.98 Å². The Labute approximate surface area is 116 Å².